The van der Waals surface area contributed by atoms with Crippen LogP contribution in [0.1, 0.15) is 41.2 Å². The number of ether oxygens (including phenoxy) is 1. The lowest BCUT2D eigenvalue weighted by Crippen LogP contribution is -2.27. The van der Waals surface area contributed by atoms with Gasteiger partial charge in [0.2, 0.25) is 0 Å². The Hall–Kier alpha value is -2.55. The minimum absolute atomic E-state index is 0.412. The van der Waals surface area contributed by atoms with E-state index in [0.29, 0.717) is 12.3 Å². The molecule has 1 aliphatic rings. The highest BCUT2D eigenvalue weighted by Crippen LogP contribution is 2.31. The van der Waals surface area contributed by atoms with Crippen LogP contribution in [0.5, 0.6) is 5.75 Å². The highest BCUT2D eigenvalue weighted by Gasteiger charge is 2.15. The molecule has 1 aliphatic carbocycles. The Bertz CT molecular complexity index is 760. The van der Waals surface area contributed by atoms with Crippen molar-refractivity contribution >= 4 is 12.2 Å². The smallest absolute Gasteiger partial charge is 0.409 e. The maximum Gasteiger partial charge on any atom is 0.412 e. The molecule has 24 heavy (non-hydrogen) atoms. The number of carbonyl (C=O) groups excluding carboxylic acids is 1. The van der Waals surface area contributed by atoms with E-state index in [1.54, 1.807) is 0 Å². The number of carbonyl (C=O) groups is 1. The molecule has 0 heterocycles. The summed E-state index contributed by atoms with van der Waals surface area (Å²) < 4.78 is 5.61. The normalized spacial score (nSPS) is 12.6. The van der Waals surface area contributed by atoms with Crippen LogP contribution in [0.25, 0.3) is 6.08 Å². The fourth-order valence-electron chi connectivity index (χ4n) is 2.92. The van der Waals surface area contributed by atoms with E-state index in [9.17, 15) is 4.79 Å². The number of fused-ring (bicyclic) bond motifs is 1. The van der Waals surface area contributed by atoms with Crippen molar-refractivity contribution in [1.82, 2.24) is 5.32 Å². The molecule has 0 spiro atoms. The van der Waals surface area contributed by atoms with Crippen molar-refractivity contribution in [2.24, 2.45) is 0 Å². The molecule has 0 saturated heterocycles. The highest BCUT2D eigenvalue weighted by atomic mass is 16.6. The van der Waals surface area contributed by atoms with Gasteiger partial charge < -0.3 is 10.1 Å². The van der Waals surface area contributed by atoms with Crippen LogP contribution in [0.4, 0.5) is 4.79 Å². The van der Waals surface area contributed by atoms with Gasteiger partial charge in [-0.15, -0.1) is 0 Å². The third kappa shape index (κ3) is 3.67. The van der Waals surface area contributed by atoms with E-state index in [1.165, 1.54) is 11.1 Å². The van der Waals surface area contributed by atoms with Crippen LogP contribution in [0, 0.1) is 6.92 Å². The van der Waals surface area contributed by atoms with Gasteiger partial charge in [-0.3, -0.25) is 0 Å². The number of amides is 1. The van der Waals surface area contributed by atoms with Gasteiger partial charge in [0.25, 0.3) is 0 Å². The van der Waals surface area contributed by atoms with Gasteiger partial charge >= 0.3 is 6.09 Å². The lowest BCUT2D eigenvalue weighted by Gasteiger charge is -2.17. The van der Waals surface area contributed by atoms with Gasteiger partial charge in [-0.2, -0.15) is 0 Å². The zero-order valence-electron chi connectivity index (χ0n) is 14.3. The van der Waals surface area contributed by atoms with Crippen LogP contribution in [-0.2, 0) is 19.4 Å². The van der Waals surface area contributed by atoms with E-state index in [0.717, 1.165) is 36.0 Å². The van der Waals surface area contributed by atoms with Crippen molar-refractivity contribution in [1.29, 1.82) is 0 Å². The predicted octanol–water partition coefficient (Wildman–Crippen LogP) is 4.81. The van der Waals surface area contributed by atoms with Gasteiger partial charge in [0, 0.05) is 12.1 Å². The number of hydrogen-bond donors (Lipinski definition) is 1. The summed E-state index contributed by atoms with van der Waals surface area (Å²) in [6.45, 7) is 4.56. The number of benzene rings is 2. The molecule has 0 radical (unpaired) electrons. The first-order valence-corrected chi connectivity index (χ1v) is 8.50. The monoisotopic (exact) mass is 321 g/mol. The van der Waals surface area contributed by atoms with Gasteiger partial charge in [-0.1, -0.05) is 55.5 Å². The van der Waals surface area contributed by atoms with E-state index < -0.39 is 6.09 Å². The second-order valence-corrected chi connectivity index (χ2v) is 6.14. The molecule has 0 fully saturated rings. The van der Waals surface area contributed by atoms with Crippen molar-refractivity contribution in [3.63, 3.8) is 0 Å². The largest absolute Gasteiger partial charge is 0.412 e. The molecular formula is C21H23NO2. The average Bonchev–Trinajstić information content (AvgIpc) is 2.63. The molecule has 3 rings (SSSR count). The summed E-state index contributed by atoms with van der Waals surface area (Å²) in [6, 6.07) is 12.4. The van der Waals surface area contributed by atoms with Gasteiger partial charge in [0.15, 0.2) is 0 Å². The van der Waals surface area contributed by atoms with Gasteiger partial charge in [-0.25, -0.2) is 4.79 Å². The Morgan fingerprint density at radius 1 is 1.12 bits per heavy atom. The zero-order valence-corrected chi connectivity index (χ0v) is 14.3. The first-order chi connectivity index (χ1) is 11.7. The Morgan fingerprint density at radius 2 is 1.88 bits per heavy atom. The Kier molecular flexibility index (Phi) is 4.99. The SMILES string of the molecule is CCc1ccc(CNC(=O)Oc2c(C)ccc3c2C=CCC3)cc1. The summed E-state index contributed by atoms with van der Waals surface area (Å²) in [7, 11) is 0. The maximum absolute atomic E-state index is 12.2. The molecule has 124 valence electrons. The fraction of sp³-hybridized carbons (Fsp3) is 0.286. The van der Waals surface area contributed by atoms with Crippen molar-refractivity contribution in [2.75, 3.05) is 0 Å². The Labute approximate surface area is 143 Å². The second-order valence-electron chi connectivity index (χ2n) is 6.14. The fourth-order valence-corrected chi connectivity index (χ4v) is 2.92. The van der Waals surface area contributed by atoms with E-state index in [1.807, 2.05) is 25.1 Å². The minimum Gasteiger partial charge on any atom is -0.409 e. The lowest BCUT2D eigenvalue weighted by atomic mass is 9.94. The molecule has 0 unspecified atom stereocenters. The molecule has 1 amide bonds. The summed E-state index contributed by atoms with van der Waals surface area (Å²) in [5, 5.41) is 2.83. The number of aryl methyl sites for hydroxylation is 3. The molecule has 3 nitrogen and oxygen atoms in total. The first-order valence-electron chi connectivity index (χ1n) is 8.50. The summed E-state index contributed by atoms with van der Waals surface area (Å²) in [5.74, 6) is 0.669. The molecule has 2 aromatic carbocycles. The van der Waals surface area contributed by atoms with Crippen LogP contribution in [0.15, 0.2) is 42.5 Å². The average molecular weight is 321 g/mol. The molecule has 0 aromatic heterocycles. The van der Waals surface area contributed by atoms with Crippen molar-refractivity contribution in [3.05, 3.63) is 70.3 Å². The van der Waals surface area contributed by atoms with Gasteiger partial charge in [-0.05, 0) is 48.4 Å². The molecule has 0 aliphatic heterocycles. The number of nitrogens with one attached hydrogen (secondary N) is 1. The van der Waals surface area contributed by atoms with Crippen molar-refractivity contribution in [3.8, 4) is 5.75 Å². The summed E-state index contributed by atoms with van der Waals surface area (Å²) in [5.41, 5.74) is 5.60. The summed E-state index contributed by atoms with van der Waals surface area (Å²) in [4.78, 5) is 12.2. The Morgan fingerprint density at radius 3 is 2.62 bits per heavy atom. The number of rotatable bonds is 4. The van der Waals surface area contributed by atoms with Crippen LogP contribution in [-0.4, -0.2) is 6.09 Å². The summed E-state index contributed by atoms with van der Waals surface area (Å²) in [6.07, 6.45) is 6.81. The third-order valence-electron chi connectivity index (χ3n) is 4.41. The third-order valence-corrected chi connectivity index (χ3v) is 4.41. The molecular weight excluding hydrogens is 298 g/mol. The molecule has 0 atom stereocenters. The van der Waals surface area contributed by atoms with Crippen molar-refractivity contribution in [2.45, 2.75) is 39.7 Å². The lowest BCUT2D eigenvalue weighted by molar-refractivity contribution is 0.199. The molecule has 2 aromatic rings. The van der Waals surface area contributed by atoms with Crippen LogP contribution in [0.2, 0.25) is 0 Å². The zero-order chi connectivity index (χ0) is 16.9. The van der Waals surface area contributed by atoms with E-state index >= 15 is 0 Å². The van der Waals surface area contributed by atoms with Crippen LogP contribution >= 0.6 is 0 Å². The van der Waals surface area contributed by atoms with Crippen LogP contribution < -0.4 is 10.1 Å². The topological polar surface area (TPSA) is 38.3 Å². The molecule has 1 N–H and O–H groups in total. The van der Waals surface area contributed by atoms with Crippen molar-refractivity contribution < 1.29 is 9.53 Å². The predicted molar refractivity (Wildman–Crippen MR) is 97.2 cm³/mol. The molecule has 3 heteroatoms. The first kappa shape index (κ1) is 16.3. The molecule has 0 bridgehead atoms. The standard InChI is InChI=1S/C21H23NO2/c1-3-16-9-11-17(12-10-16)14-22-21(23)24-20-15(2)8-13-18-6-4-5-7-19(18)20/h5,7-13H,3-4,6,14H2,1-2H3,(H,22,23). The number of hydrogen-bond acceptors (Lipinski definition) is 2. The molecule has 0 saturated carbocycles. The maximum atomic E-state index is 12.2. The van der Waals surface area contributed by atoms with Gasteiger partial charge in [0.1, 0.15) is 5.75 Å². The van der Waals surface area contributed by atoms with E-state index in [4.69, 9.17) is 4.74 Å². The van der Waals surface area contributed by atoms with E-state index in [2.05, 4.69) is 42.6 Å². The highest BCUT2D eigenvalue weighted by molar-refractivity contribution is 5.75. The van der Waals surface area contributed by atoms with E-state index in [-0.39, 0.29) is 0 Å². The van der Waals surface area contributed by atoms with Crippen LogP contribution in [0.3, 0.4) is 0 Å². The quantitative estimate of drug-likeness (QED) is 0.878. The Balaban J connectivity index is 1.66. The minimum atomic E-state index is -0.412. The number of allylic oxidation sites excluding steroid dienone is 1. The second kappa shape index (κ2) is 7.35. The van der Waals surface area contributed by atoms with Gasteiger partial charge in [0.05, 0.1) is 0 Å². The summed E-state index contributed by atoms with van der Waals surface area (Å²) >= 11 is 0.